The van der Waals surface area contributed by atoms with Gasteiger partial charge in [-0.3, -0.25) is 4.79 Å². The number of para-hydroxylation sites is 3. The Kier molecular flexibility index (Phi) is 8.06. The van der Waals surface area contributed by atoms with Crippen molar-refractivity contribution in [3.63, 3.8) is 0 Å². The van der Waals surface area contributed by atoms with E-state index in [1.165, 1.54) is 0 Å². The molecule has 0 radical (unpaired) electrons. The van der Waals surface area contributed by atoms with Crippen molar-refractivity contribution in [2.24, 2.45) is 5.10 Å². The number of hydrazone groups is 1. The first kappa shape index (κ1) is 22.4. The van der Waals surface area contributed by atoms with Crippen molar-refractivity contribution in [2.75, 3.05) is 12.4 Å². The summed E-state index contributed by atoms with van der Waals surface area (Å²) in [7, 11) is 1.59. The molecule has 6 nitrogen and oxygen atoms in total. The maximum atomic E-state index is 12.4. The summed E-state index contributed by atoms with van der Waals surface area (Å²) in [6.45, 7) is 2.19. The number of carbonyl (C=O) groups is 1. The van der Waals surface area contributed by atoms with Crippen LogP contribution in [0.2, 0.25) is 0 Å². The molecular formula is C24H24BrN3O3. The summed E-state index contributed by atoms with van der Waals surface area (Å²) < 4.78 is 12.2. The van der Waals surface area contributed by atoms with Crippen LogP contribution in [0.4, 0.5) is 5.69 Å². The molecule has 3 aromatic carbocycles. The number of methoxy groups -OCH3 is 1. The second-order valence-corrected chi connectivity index (χ2v) is 7.67. The van der Waals surface area contributed by atoms with Crippen LogP contribution in [0.1, 0.15) is 18.1 Å². The molecule has 0 aliphatic carbocycles. The second kappa shape index (κ2) is 11.2. The van der Waals surface area contributed by atoms with Gasteiger partial charge in [0.15, 0.2) is 0 Å². The van der Waals surface area contributed by atoms with Gasteiger partial charge in [-0.15, -0.1) is 0 Å². The number of hydrogen-bond donors (Lipinski definition) is 2. The number of benzene rings is 3. The number of halogens is 1. The third-order valence-corrected chi connectivity index (χ3v) is 5.01. The molecule has 0 aromatic heterocycles. The van der Waals surface area contributed by atoms with Gasteiger partial charge in [-0.2, -0.15) is 5.10 Å². The molecular weight excluding hydrogens is 458 g/mol. The molecule has 0 aliphatic heterocycles. The van der Waals surface area contributed by atoms with E-state index in [-0.39, 0.29) is 5.91 Å². The zero-order chi connectivity index (χ0) is 22.1. The minimum Gasteiger partial charge on any atom is -0.495 e. The van der Waals surface area contributed by atoms with Crippen molar-refractivity contribution in [3.8, 4) is 11.5 Å². The van der Waals surface area contributed by atoms with Crippen LogP contribution < -0.4 is 20.2 Å². The lowest BCUT2D eigenvalue weighted by atomic mass is 10.2. The fourth-order valence-corrected chi connectivity index (χ4v) is 3.05. The summed E-state index contributed by atoms with van der Waals surface area (Å²) in [5.41, 5.74) is 5.13. The summed E-state index contributed by atoms with van der Waals surface area (Å²) in [4.78, 5) is 12.4. The van der Waals surface area contributed by atoms with Crippen LogP contribution in [0.25, 0.3) is 0 Å². The first-order valence-electron chi connectivity index (χ1n) is 9.75. The molecule has 0 aliphatic rings. The molecule has 7 heteroatoms. The predicted molar refractivity (Wildman–Crippen MR) is 127 cm³/mol. The van der Waals surface area contributed by atoms with Gasteiger partial charge < -0.3 is 14.8 Å². The number of ether oxygens (including phenoxy) is 2. The van der Waals surface area contributed by atoms with E-state index in [2.05, 4.69) is 31.8 Å². The van der Waals surface area contributed by atoms with Crippen LogP contribution in [0.5, 0.6) is 11.5 Å². The van der Waals surface area contributed by atoms with Gasteiger partial charge in [0, 0.05) is 10.0 Å². The van der Waals surface area contributed by atoms with Gasteiger partial charge in [0.2, 0.25) is 0 Å². The molecule has 160 valence electrons. The van der Waals surface area contributed by atoms with Crippen LogP contribution in [-0.4, -0.2) is 25.3 Å². The van der Waals surface area contributed by atoms with Crippen molar-refractivity contribution >= 4 is 33.7 Å². The van der Waals surface area contributed by atoms with Crippen molar-refractivity contribution in [1.82, 2.24) is 5.43 Å². The highest BCUT2D eigenvalue weighted by molar-refractivity contribution is 9.10. The van der Waals surface area contributed by atoms with Gasteiger partial charge in [-0.1, -0.05) is 52.3 Å². The van der Waals surface area contributed by atoms with E-state index in [0.717, 1.165) is 21.3 Å². The van der Waals surface area contributed by atoms with Crippen molar-refractivity contribution in [1.29, 1.82) is 0 Å². The Hall–Kier alpha value is -3.32. The van der Waals surface area contributed by atoms with E-state index in [1.807, 2.05) is 72.8 Å². The fraction of sp³-hybridized carbons (Fsp3) is 0.167. The van der Waals surface area contributed by atoms with Crippen LogP contribution >= 0.6 is 15.9 Å². The van der Waals surface area contributed by atoms with Gasteiger partial charge in [0.1, 0.15) is 24.1 Å². The number of hydrogen-bond acceptors (Lipinski definition) is 5. The Morgan fingerprint density at radius 1 is 1.03 bits per heavy atom. The minimum atomic E-state index is -0.502. The molecule has 3 rings (SSSR count). The first-order valence-corrected chi connectivity index (χ1v) is 10.5. The van der Waals surface area contributed by atoms with Gasteiger partial charge >= 0.3 is 0 Å². The molecule has 0 bridgehead atoms. The number of rotatable bonds is 9. The Labute approximate surface area is 190 Å². The number of nitrogens with one attached hydrogen (secondary N) is 2. The summed E-state index contributed by atoms with van der Waals surface area (Å²) in [6, 6.07) is 22.4. The van der Waals surface area contributed by atoms with Crippen molar-refractivity contribution in [3.05, 3.63) is 88.4 Å². The number of nitrogens with zero attached hydrogens (tertiary/aromatic N) is 1. The van der Waals surface area contributed by atoms with Crippen LogP contribution in [0, 0.1) is 0 Å². The molecule has 0 saturated heterocycles. The van der Waals surface area contributed by atoms with E-state index >= 15 is 0 Å². The van der Waals surface area contributed by atoms with E-state index in [4.69, 9.17) is 9.47 Å². The largest absolute Gasteiger partial charge is 0.495 e. The highest BCUT2D eigenvalue weighted by Gasteiger charge is 2.13. The molecule has 1 amide bonds. The molecule has 3 aromatic rings. The smallest absolute Gasteiger partial charge is 0.262 e. The van der Waals surface area contributed by atoms with Gasteiger partial charge in [0.05, 0.1) is 19.0 Å². The molecule has 0 saturated carbocycles. The fourth-order valence-electron chi connectivity index (χ4n) is 2.79. The lowest BCUT2D eigenvalue weighted by Gasteiger charge is -2.15. The minimum absolute atomic E-state index is 0.268. The molecule has 1 unspecified atom stereocenters. The maximum Gasteiger partial charge on any atom is 0.262 e. The quantitative estimate of drug-likeness (QED) is 0.333. The second-order valence-electron chi connectivity index (χ2n) is 6.75. The normalized spacial score (nSPS) is 11.7. The van der Waals surface area contributed by atoms with Crippen LogP contribution in [-0.2, 0) is 11.4 Å². The van der Waals surface area contributed by atoms with E-state index < -0.39 is 6.04 Å². The Bertz CT molecular complexity index is 1040. The molecule has 0 fully saturated rings. The molecule has 0 heterocycles. The number of amides is 1. The summed E-state index contributed by atoms with van der Waals surface area (Å²) in [5, 5.41) is 7.22. The SMILES string of the molecule is COc1ccccc1NC(C)C(=O)NN=Cc1ccccc1OCc1ccc(Br)cc1. The maximum absolute atomic E-state index is 12.4. The van der Waals surface area contributed by atoms with E-state index in [0.29, 0.717) is 18.1 Å². The average Bonchev–Trinajstić information content (AvgIpc) is 2.79. The van der Waals surface area contributed by atoms with Crippen molar-refractivity contribution < 1.29 is 14.3 Å². The Balaban J connectivity index is 1.57. The monoisotopic (exact) mass is 481 g/mol. The Morgan fingerprint density at radius 3 is 2.45 bits per heavy atom. The number of carbonyl (C=O) groups excluding carboxylic acids is 1. The highest BCUT2D eigenvalue weighted by Crippen LogP contribution is 2.23. The third kappa shape index (κ3) is 6.58. The zero-order valence-electron chi connectivity index (χ0n) is 17.3. The van der Waals surface area contributed by atoms with Gasteiger partial charge in [-0.05, 0) is 48.9 Å². The summed E-state index contributed by atoms with van der Waals surface area (Å²) >= 11 is 3.43. The standard InChI is InChI=1S/C24H24BrN3O3/c1-17(27-21-8-4-6-10-23(21)30-2)24(29)28-26-15-19-7-3-5-9-22(19)31-16-18-11-13-20(25)14-12-18/h3-15,17,27H,16H2,1-2H3,(H,28,29). The predicted octanol–water partition coefficient (Wildman–Crippen LogP) is 4.99. The van der Waals surface area contributed by atoms with Gasteiger partial charge in [-0.25, -0.2) is 5.43 Å². The van der Waals surface area contributed by atoms with E-state index in [9.17, 15) is 4.79 Å². The van der Waals surface area contributed by atoms with Crippen molar-refractivity contribution in [2.45, 2.75) is 19.6 Å². The molecule has 31 heavy (non-hydrogen) atoms. The average molecular weight is 482 g/mol. The topological polar surface area (TPSA) is 72.0 Å². The van der Waals surface area contributed by atoms with Crippen LogP contribution in [0.15, 0.2) is 82.4 Å². The first-order chi connectivity index (χ1) is 15.1. The molecule has 2 N–H and O–H groups in total. The zero-order valence-corrected chi connectivity index (χ0v) is 18.9. The number of anilines is 1. The summed E-state index contributed by atoms with van der Waals surface area (Å²) in [6.07, 6.45) is 1.57. The highest BCUT2D eigenvalue weighted by atomic mass is 79.9. The summed E-state index contributed by atoms with van der Waals surface area (Å²) in [5.74, 6) is 1.08. The lowest BCUT2D eigenvalue weighted by molar-refractivity contribution is -0.121. The third-order valence-electron chi connectivity index (χ3n) is 4.48. The molecule has 1 atom stereocenters. The molecule has 0 spiro atoms. The Morgan fingerprint density at radius 2 is 1.71 bits per heavy atom. The van der Waals surface area contributed by atoms with E-state index in [1.54, 1.807) is 20.2 Å². The van der Waals surface area contributed by atoms with Crippen LogP contribution in [0.3, 0.4) is 0 Å². The van der Waals surface area contributed by atoms with Gasteiger partial charge in [0.25, 0.3) is 5.91 Å². The lowest BCUT2D eigenvalue weighted by Crippen LogP contribution is -2.35.